The number of halogens is 3. The number of rotatable bonds is 12. The van der Waals surface area contributed by atoms with Crippen molar-refractivity contribution < 1.29 is 33.0 Å². The van der Waals surface area contributed by atoms with Crippen molar-refractivity contribution in [1.82, 2.24) is 34.6 Å². The monoisotopic (exact) mass is 713 g/mol. The Balaban J connectivity index is 1.05. The van der Waals surface area contributed by atoms with Crippen molar-refractivity contribution in [2.75, 3.05) is 6.61 Å². The number of carbonyl (C=O) groups is 2. The van der Waals surface area contributed by atoms with Crippen molar-refractivity contribution >= 4 is 34.5 Å². The second-order valence-corrected chi connectivity index (χ2v) is 12.5. The van der Waals surface area contributed by atoms with Gasteiger partial charge in [-0.05, 0) is 54.4 Å². The number of aromatic nitrogens is 6. The van der Waals surface area contributed by atoms with Gasteiger partial charge in [-0.15, -0.1) is 0 Å². The molecule has 0 bridgehead atoms. The van der Waals surface area contributed by atoms with E-state index in [1.165, 1.54) is 30.5 Å². The number of ether oxygens (including phenoxy) is 2. The normalized spacial score (nSPS) is 14.0. The zero-order valence-electron chi connectivity index (χ0n) is 27.1. The SMILES string of the molecule is Cn1cc(CNC(=O)c2cc(Cl)c(COc3cccc(-c4cc(F)c(Cc5nc6ccc(C(=O)O)cc6n5CC5CCO5)cc4F)n3)cn2)cn1. The predicted octanol–water partition coefficient (Wildman–Crippen LogP) is 5.75. The van der Waals surface area contributed by atoms with E-state index in [0.717, 1.165) is 24.1 Å². The maximum atomic E-state index is 15.6. The fourth-order valence-electron chi connectivity index (χ4n) is 5.69. The summed E-state index contributed by atoms with van der Waals surface area (Å²) < 4.78 is 46.1. The summed E-state index contributed by atoms with van der Waals surface area (Å²) in [4.78, 5) is 37.4. The summed E-state index contributed by atoms with van der Waals surface area (Å²) in [7, 11) is 1.78. The van der Waals surface area contributed by atoms with Crippen LogP contribution >= 0.6 is 11.6 Å². The highest BCUT2D eigenvalue weighted by atomic mass is 35.5. The van der Waals surface area contributed by atoms with E-state index in [0.29, 0.717) is 35.6 Å². The first kappa shape index (κ1) is 33.8. The zero-order valence-corrected chi connectivity index (χ0v) is 27.9. The smallest absolute Gasteiger partial charge is 0.335 e. The molecular weight excluding hydrogens is 684 g/mol. The van der Waals surface area contributed by atoms with Gasteiger partial charge in [-0.25, -0.2) is 23.5 Å². The molecule has 6 aromatic rings. The van der Waals surface area contributed by atoms with Crippen molar-refractivity contribution in [3.05, 3.63) is 124 Å². The fraction of sp³-hybridized carbons (Fsp3) is 0.222. The number of nitrogens with one attached hydrogen (secondary N) is 1. The molecule has 1 saturated heterocycles. The van der Waals surface area contributed by atoms with Gasteiger partial charge in [0.2, 0.25) is 5.88 Å². The van der Waals surface area contributed by atoms with E-state index in [-0.39, 0.29) is 64.7 Å². The standard InChI is InChI=1S/C36H30ClF2N7O5/c1-45-17-20(15-42-45)14-41-35(47)31-13-26(37)23(16-40-31)19-51-34-4-2-3-29(44-34)25-12-27(38)22(9-28(25)39)11-33-43-30-6-5-21(36(48)49)10-32(30)46(33)18-24-7-8-50-24/h2-6,9-10,12-13,15-17,24H,7-8,11,14,18-19H2,1H3,(H,41,47)(H,48,49). The largest absolute Gasteiger partial charge is 0.478 e. The Labute approximate surface area is 294 Å². The van der Waals surface area contributed by atoms with Gasteiger partial charge in [0.25, 0.3) is 5.91 Å². The molecule has 1 amide bonds. The lowest BCUT2D eigenvalue weighted by molar-refractivity contribution is -0.0589. The van der Waals surface area contributed by atoms with E-state index in [1.54, 1.807) is 42.3 Å². The van der Waals surface area contributed by atoms with Crippen molar-refractivity contribution in [1.29, 1.82) is 0 Å². The lowest BCUT2D eigenvalue weighted by Crippen LogP contribution is -2.31. The highest BCUT2D eigenvalue weighted by Gasteiger charge is 2.24. The van der Waals surface area contributed by atoms with Crippen LogP contribution in [0.2, 0.25) is 5.02 Å². The molecule has 0 spiro atoms. The van der Waals surface area contributed by atoms with E-state index in [2.05, 4.69) is 25.4 Å². The minimum atomic E-state index is -1.08. The number of carboxylic acid groups (broad SMARTS) is 1. The number of hydrogen-bond donors (Lipinski definition) is 2. The minimum absolute atomic E-state index is 0.0385. The van der Waals surface area contributed by atoms with Crippen LogP contribution in [0.25, 0.3) is 22.3 Å². The van der Waals surface area contributed by atoms with Gasteiger partial charge in [0, 0.05) is 61.8 Å². The molecule has 1 aliphatic rings. The Kier molecular flexibility index (Phi) is 9.43. The van der Waals surface area contributed by atoms with Gasteiger partial charge < -0.3 is 24.5 Å². The van der Waals surface area contributed by atoms with Gasteiger partial charge in [0.1, 0.15) is 29.8 Å². The third-order valence-electron chi connectivity index (χ3n) is 8.49. The van der Waals surface area contributed by atoms with Gasteiger partial charge in [0.15, 0.2) is 0 Å². The summed E-state index contributed by atoms with van der Waals surface area (Å²) >= 11 is 6.42. The molecule has 5 heterocycles. The second kappa shape index (κ2) is 14.2. The Morgan fingerprint density at radius 2 is 1.92 bits per heavy atom. The van der Waals surface area contributed by atoms with Crippen LogP contribution < -0.4 is 10.1 Å². The first-order chi connectivity index (χ1) is 24.6. The van der Waals surface area contributed by atoms with E-state index in [9.17, 15) is 14.7 Å². The Morgan fingerprint density at radius 1 is 1.08 bits per heavy atom. The molecule has 0 aliphatic carbocycles. The second-order valence-electron chi connectivity index (χ2n) is 12.0. The Bertz CT molecular complexity index is 2290. The number of imidazole rings is 1. The quantitative estimate of drug-likeness (QED) is 0.162. The van der Waals surface area contributed by atoms with Crippen LogP contribution in [0, 0.1) is 11.6 Å². The van der Waals surface area contributed by atoms with Crippen molar-refractivity contribution in [3.63, 3.8) is 0 Å². The molecule has 7 rings (SSSR count). The summed E-state index contributed by atoms with van der Waals surface area (Å²) in [5.74, 6) is -2.25. The molecule has 12 nitrogen and oxygen atoms in total. The fourth-order valence-corrected chi connectivity index (χ4v) is 5.90. The molecular formula is C36H30ClF2N7O5. The predicted molar refractivity (Wildman–Crippen MR) is 181 cm³/mol. The minimum Gasteiger partial charge on any atom is -0.478 e. The molecule has 51 heavy (non-hydrogen) atoms. The maximum Gasteiger partial charge on any atom is 0.335 e. The van der Waals surface area contributed by atoms with Crippen molar-refractivity contribution in [2.45, 2.75) is 38.6 Å². The third-order valence-corrected chi connectivity index (χ3v) is 8.84. The highest BCUT2D eigenvalue weighted by Crippen LogP contribution is 2.29. The van der Waals surface area contributed by atoms with Crippen molar-refractivity contribution in [2.24, 2.45) is 7.05 Å². The number of hydrogen-bond acceptors (Lipinski definition) is 8. The summed E-state index contributed by atoms with van der Waals surface area (Å²) in [6.07, 6.45) is 5.58. The van der Waals surface area contributed by atoms with Gasteiger partial charge in [0.05, 0.1) is 46.2 Å². The van der Waals surface area contributed by atoms with Gasteiger partial charge in [-0.3, -0.25) is 14.5 Å². The van der Waals surface area contributed by atoms with Crippen LogP contribution in [-0.2, 0) is 37.9 Å². The Hall–Kier alpha value is -5.73. The average Bonchev–Trinajstić information content (AvgIpc) is 3.67. The number of aromatic carboxylic acids is 1. The van der Waals surface area contributed by atoms with Crippen LogP contribution in [-0.4, -0.2) is 59.0 Å². The topological polar surface area (TPSA) is 146 Å². The van der Waals surface area contributed by atoms with E-state index >= 15 is 8.78 Å². The maximum absolute atomic E-state index is 15.6. The van der Waals surface area contributed by atoms with Gasteiger partial charge in [-0.1, -0.05) is 17.7 Å². The number of amides is 1. The van der Waals surface area contributed by atoms with Crippen LogP contribution in [0.5, 0.6) is 5.88 Å². The number of aryl methyl sites for hydroxylation is 1. The highest BCUT2D eigenvalue weighted by molar-refractivity contribution is 6.31. The van der Waals surface area contributed by atoms with E-state index < -0.39 is 23.5 Å². The van der Waals surface area contributed by atoms with Crippen LogP contribution in [0.3, 0.4) is 0 Å². The summed E-state index contributed by atoms with van der Waals surface area (Å²) in [5, 5.41) is 16.6. The average molecular weight is 714 g/mol. The van der Waals surface area contributed by atoms with Gasteiger partial charge in [-0.2, -0.15) is 5.10 Å². The third kappa shape index (κ3) is 7.42. The Morgan fingerprint density at radius 3 is 2.65 bits per heavy atom. The molecule has 260 valence electrons. The first-order valence-electron chi connectivity index (χ1n) is 15.9. The lowest BCUT2D eigenvalue weighted by atomic mass is 10.0. The van der Waals surface area contributed by atoms with Crippen LogP contribution in [0.4, 0.5) is 8.78 Å². The number of benzene rings is 2. The molecule has 1 aliphatic heterocycles. The summed E-state index contributed by atoms with van der Waals surface area (Å²) in [6.45, 7) is 1.26. The summed E-state index contributed by atoms with van der Waals surface area (Å²) in [6, 6.07) is 12.9. The number of pyridine rings is 2. The van der Waals surface area contributed by atoms with E-state index in [4.69, 9.17) is 21.1 Å². The number of nitrogens with zero attached hydrogens (tertiary/aromatic N) is 6. The van der Waals surface area contributed by atoms with Crippen molar-refractivity contribution in [3.8, 4) is 17.1 Å². The number of carbonyl (C=O) groups excluding carboxylic acids is 1. The molecule has 2 N–H and O–H groups in total. The molecule has 1 unspecified atom stereocenters. The molecule has 4 aromatic heterocycles. The lowest BCUT2D eigenvalue weighted by Gasteiger charge is -2.27. The van der Waals surface area contributed by atoms with Crippen LogP contribution in [0.15, 0.2) is 73.2 Å². The molecule has 0 radical (unpaired) electrons. The number of carboxylic acids is 1. The van der Waals surface area contributed by atoms with Crippen LogP contribution in [0.1, 0.15) is 49.8 Å². The van der Waals surface area contributed by atoms with Gasteiger partial charge >= 0.3 is 5.97 Å². The zero-order chi connectivity index (χ0) is 35.6. The molecule has 2 aromatic carbocycles. The molecule has 15 heteroatoms. The molecule has 0 saturated carbocycles. The summed E-state index contributed by atoms with van der Waals surface area (Å²) in [5.41, 5.74) is 2.83. The molecule has 1 atom stereocenters. The van der Waals surface area contributed by atoms with E-state index in [1.807, 2.05) is 4.57 Å². The number of fused-ring (bicyclic) bond motifs is 1. The first-order valence-corrected chi connectivity index (χ1v) is 16.3. The molecule has 1 fully saturated rings.